The lowest BCUT2D eigenvalue weighted by Crippen LogP contribution is -2.47. The van der Waals surface area contributed by atoms with Crippen molar-refractivity contribution in [3.05, 3.63) is 54.1 Å². The zero-order valence-corrected chi connectivity index (χ0v) is 20.3. The van der Waals surface area contributed by atoms with Crippen molar-refractivity contribution in [3.8, 4) is 11.8 Å². The van der Waals surface area contributed by atoms with Crippen molar-refractivity contribution >= 4 is 17.0 Å². The Labute approximate surface area is 197 Å². The highest BCUT2D eigenvalue weighted by atomic mass is 16.5. The van der Waals surface area contributed by atoms with Crippen LogP contribution < -0.4 is 9.64 Å². The summed E-state index contributed by atoms with van der Waals surface area (Å²) in [4.78, 5) is 9.76. The normalized spacial score (nSPS) is 16.7. The minimum absolute atomic E-state index is 0.202. The van der Waals surface area contributed by atoms with Gasteiger partial charge in [0.25, 0.3) is 0 Å². The van der Waals surface area contributed by atoms with Crippen LogP contribution in [-0.4, -0.2) is 54.3 Å². The minimum Gasteiger partial charge on any atom is -0.496 e. The Morgan fingerprint density at radius 1 is 1.06 bits per heavy atom. The van der Waals surface area contributed by atoms with Crippen LogP contribution in [0.25, 0.3) is 11.0 Å². The quantitative estimate of drug-likeness (QED) is 0.507. The molecule has 4 rings (SSSR count). The Bertz CT molecular complexity index is 1120. The van der Waals surface area contributed by atoms with Crippen molar-refractivity contribution in [1.29, 1.82) is 5.26 Å². The van der Waals surface area contributed by atoms with Crippen LogP contribution >= 0.6 is 0 Å². The second-order valence-corrected chi connectivity index (χ2v) is 9.33. The van der Waals surface area contributed by atoms with E-state index in [0.29, 0.717) is 0 Å². The lowest BCUT2D eigenvalue weighted by atomic mass is 9.69. The molecule has 1 aliphatic rings. The first-order valence-corrected chi connectivity index (χ1v) is 11.9. The van der Waals surface area contributed by atoms with Crippen LogP contribution in [0.1, 0.15) is 32.3 Å². The summed E-state index contributed by atoms with van der Waals surface area (Å²) in [6, 6.07) is 19.0. The fraction of sp³-hybridized carbons (Fsp3) is 0.481. The molecule has 0 aliphatic carbocycles. The number of hydrogen-bond acceptors (Lipinski definition) is 5. The summed E-state index contributed by atoms with van der Waals surface area (Å²) in [5, 5.41) is 10.3. The Hall–Kier alpha value is -3.04. The summed E-state index contributed by atoms with van der Waals surface area (Å²) in [5.41, 5.74) is 2.70. The number of hydrogen-bond donors (Lipinski definition) is 0. The molecule has 2 heterocycles. The lowest BCUT2D eigenvalue weighted by molar-refractivity contribution is 0.236. The maximum absolute atomic E-state index is 10.3. The van der Waals surface area contributed by atoms with Gasteiger partial charge in [0.2, 0.25) is 5.95 Å². The number of fused-ring (bicyclic) bond motifs is 1. The highest BCUT2D eigenvalue weighted by Crippen LogP contribution is 2.41. The number of piperazine rings is 1. The van der Waals surface area contributed by atoms with Crippen molar-refractivity contribution in [2.75, 3.05) is 44.7 Å². The van der Waals surface area contributed by atoms with Gasteiger partial charge in [-0.2, -0.15) is 5.26 Å². The highest BCUT2D eigenvalue weighted by molar-refractivity contribution is 5.78. The molecule has 0 amide bonds. The van der Waals surface area contributed by atoms with Crippen LogP contribution in [0.4, 0.5) is 5.95 Å². The maximum atomic E-state index is 10.3. The number of methoxy groups -OCH3 is 1. The molecule has 3 aromatic rings. The Kier molecular flexibility index (Phi) is 6.90. The zero-order chi connectivity index (χ0) is 23.4. The van der Waals surface area contributed by atoms with Crippen LogP contribution in [0, 0.1) is 17.2 Å². The van der Waals surface area contributed by atoms with Crippen molar-refractivity contribution in [2.45, 2.75) is 32.1 Å². The Balaban J connectivity index is 1.38. The van der Waals surface area contributed by atoms with E-state index in [1.807, 2.05) is 24.3 Å². The van der Waals surface area contributed by atoms with Crippen molar-refractivity contribution in [1.82, 2.24) is 14.5 Å². The van der Waals surface area contributed by atoms with E-state index in [1.165, 1.54) is 5.52 Å². The van der Waals surface area contributed by atoms with E-state index in [-0.39, 0.29) is 5.92 Å². The van der Waals surface area contributed by atoms with Gasteiger partial charge in [-0.25, -0.2) is 4.98 Å². The number of anilines is 1. The van der Waals surface area contributed by atoms with E-state index < -0.39 is 5.41 Å². The van der Waals surface area contributed by atoms with Gasteiger partial charge in [-0.3, -0.25) is 4.90 Å². The number of benzene rings is 2. The Morgan fingerprint density at radius 2 is 1.76 bits per heavy atom. The second kappa shape index (κ2) is 9.84. The number of nitriles is 1. The molecule has 6 nitrogen and oxygen atoms in total. The molecule has 1 unspecified atom stereocenters. The summed E-state index contributed by atoms with van der Waals surface area (Å²) < 4.78 is 7.81. The van der Waals surface area contributed by atoms with E-state index in [9.17, 15) is 5.26 Å². The summed E-state index contributed by atoms with van der Waals surface area (Å²) in [6.45, 7) is 9.25. The van der Waals surface area contributed by atoms with Gasteiger partial charge in [0.15, 0.2) is 0 Å². The topological polar surface area (TPSA) is 57.3 Å². The predicted octanol–water partition coefficient (Wildman–Crippen LogP) is 4.60. The largest absolute Gasteiger partial charge is 0.496 e. The number of imidazole rings is 1. The van der Waals surface area contributed by atoms with Crippen LogP contribution in [-0.2, 0) is 12.5 Å². The molecule has 0 bridgehead atoms. The molecule has 0 radical (unpaired) electrons. The molecule has 1 atom stereocenters. The average molecular weight is 446 g/mol. The number of rotatable bonds is 8. The molecule has 33 heavy (non-hydrogen) atoms. The van der Waals surface area contributed by atoms with Crippen molar-refractivity contribution in [3.63, 3.8) is 0 Å². The fourth-order valence-electron chi connectivity index (χ4n) is 5.16. The van der Waals surface area contributed by atoms with E-state index in [0.717, 1.165) is 68.3 Å². The molecule has 0 saturated carbocycles. The first kappa shape index (κ1) is 23.1. The first-order chi connectivity index (χ1) is 16.0. The standard InChI is InChI=1S/C27H35N5O/c1-21(2)27(20-28,22-10-5-8-13-25(22)33-4)14-9-15-31-16-18-32(19-17-31)26-29-23-11-6-7-12-24(23)30(26)3/h5-8,10-13,21H,9,14-19H2,1-4H3. The number of aryl methyl sites for hydroxylation is 1. The molecule has 174 valence electrons. The first-order valence-electron chi connectivity index (χ1n) is 11.9. The van der Waals surface area contributed by atoms with Gasteiger partial charge in [0.05, 0.1) is 29.6 Å². The van der Waals surface area contributed by atoms with E-state index >= 15 is 0 Å². The summed E-state index contributed by atoms with van der Waals surface area (Å²) in [6.07, 6.45) is 1.81. The van der Waals surface area contributed by atoms with Gasteiger partial charge < -0.3 is 14.2 Å². The highest BCUT2D eigenvalue weighted by Gasteiger charge is 2.38. The van der Waals surface area contributed by atoms with Gasteiger partial charge >= 0.3 is 0 Å². The summed E-state index contributed by atoms with van der Waals surface area (Å²) >= 11 is 0. The number of ether oxygens (including phenoxy) is 1. The van der Waals surface area contributed by atoms with E-state index in [4.69, 9.17) is 9.72 Å². The molecular formula is C27H35N5O. The van der Waals surface area contributed by atoms with Gasteiger partial charge in [-0.1, -0.05) is 44.2 Å². The predicted molar refractivity (Wildman–Crippen MR) is 134 cm³/mol. The molecule has 6 heteroatoms. The maximum Gasteiger partial charge on any atom is 0.206 e. The van der Waals surface area contributed by atoms with Gasteiger partial charge in [-0.15, -0.1) is 0 Å². The third-order valence-corrected chi connectivity index (χ3v) is 7.24. The zero-order valence-electron chi connectivity index (χ0n) is 20.3. The number of nitrogens with zero attached hydrogens (tertiary/aromatic N) is 5. The average Bonchev–Trinajstić information content (AvgIpc) is 3.19. The molecule has 2 aromatic carbocycles. The van der Waals surface area contributed by atoms with Crippen LogP contribution in [0.3, 0.4) is 0 Å². The third kappa shape index (κ3) is 4.43. The summed E-state index contributed by atoms with van der Waals surface area (Å²) in [7, 11) is 3.79. The van der Waals surface area contributed by atoms with Crippen molar-refractivity contribution in [2.24, 2.45) is 13.0 Å². The SMILES string of the molecule is COc1ccccc1C(C#N)(CCCN1CCN(c2nc3ccccc3n2C)CC1)C(C)C. The monoisotopic (exact) mass is 445 g/mol. The van der Waals surface area contributed by atoms with Gasteiger partial charge in [0.1, 0.15) is 5.75 Å². The smallest absolute Gasteiger partial charge is 0.206 e. The lowest BCUT2D eigenvalue weighted by Gasteiger charge is -2.36. The van der Waals surface area contributed by atoms with Crippen molar-refractivity contribution < 1.29 is 4.74 Å². The molecule has 1 fully saturated rings. The molecule has 1 aliphatic heterocycles. The second-order valence-electron chi connectivity index (χ2n) is 9.33. The van der Waals surface area contributed by atoms with Crippen LogP contribution in [0.5, 0.6) is 5.75 Å². The number of aromatic nitrogens is 2. The molecule has 1 aromatic heterocycles. The third-order valence-electron chi connectivity index (χ3n) is 7.24. The minimum atomic E-state index is -0.540. The number of para-hydroxylation sites is 3. The fourth-order valence-corrected chi connectivity index (χ4v) is 5.16. The Morgan fingerprint density at radius 3 is 2.42 bits per heavy atom. The van der Waals surface area contributed by atoms with Gasteiger partial charge in [0, 0.05) is 38.8 Å². The molecule has 0 N–H and O–H groups in total. The molecular weight excluding hydrogens is 410 g/mol. The van der Waals surface area contributed by atoms with Crippen LogP contribution in [0.2, 0.25) is 0 Å². The van der Waals surface area contributed by atoms with Gasteiger partial charge in [-0.05, 0) is 43.5 Å². The summed E-state index contributed by atoms with van der Waals surface area (Å²) in [5.74, 6) is 2.06. The van der Waals surface area contributed by atoms with Crippen LogP contribution in [0.15, 0.2) is 48.5 Å². The van der Waals surface area contributed by atoms with E-state index in [2.05, 4.69) is 65.6 Å². The molecule has 1 saturated heterocycles. The molecule has 0 spiro atoms. The van der Waals surface area contributed by atoms with E-state index in [1.54, 1.807) is 7.11 Å².